The summed E-state index contributed by atoms with van der Waals surface area (Å²) in [6.07, 6.45) is -4.74. The number of anilines is 1. The molecule has 0 atom stereocenters. The standard InChI is InChI=1S/C14H10ClF4NO3S/c1-23-12-5-3-9(7-11(12)16)20-24(21,22)13-6-8(14(17,18)19)2-4-10(13)15/h2-7,20H,1H3. The van der Waals surface area contributed by atoms with E-state index in [2.05, 4.69) is 4.74 Å². The molecule has 0 radical (unpaired) electrons. The summed E-state index contributed by atoms with van der Waals surface area (Å²) in [7, 11) is -3.23. The van der Waals surface area contributed by atoms with Gasteiger partial charge in [-0.2, -0.15) is 13.2 Å². The molecule has 0 saturated carbocycles. The van der Waals surface area contributed by atoms with Crippen molar-refractivity contribution in [2.24, 2.45) is 0 Å². The van der Waals surface area contributed by atoms with Gasteiger partial charge in [0, 0.05) is 6.07 Å². The van der Waals surface area contributed by atoms with Crippen molar-refractivity contribution in [1.29, 1.82) is 0 Å². The van der Waals surface area contributed by atoms with E-state index in [0.29, 0.717) is 12.1 Å². The van der Waals surface area contributed by atoms with Gasteiger partial charge in [0.25, 0.3) is 10.0 Å². The molecule has 130 valence electrons. The summed E-state index contributed by atoms with van der Waals surface area (Å²) in [5, 5.41) is -0.399. The summed E-state index contributed by atoms with van der Waals surface area (Å²) in [5.74, 6) is -0.956. The molecule has 0 aliphatic heterocycles. The van der Waals surface area contributed by atoms with E-state index in [1.54, 1.807) is 0 Å². The van der Waals surface area contributed by atoms with Crippen LogP contribution in [-0.4, -0.2) is 15.5 Å². The van der Waals surface area contributed by atoms with Crippen LogP contribution in [0.3, 0.4) is 0 Å². The first-order chi connectivity index (χ1) is 11.0. The van der Waals surface area contributed by atoms with Crippen molar-refractivity contribution in [3.63, 3.8) is 0 Å². The zero-order valence-corrected chi connectivity index (χ0v) is 13.6. The molecule has 0 saturated heterocycles. The van der Waals surface area contributed by atoms with Crippen LogP contribution in [0.4, 0.5) is 23.2 Å². The third kappa shape index (κ3) is 3.90. The maximum atomic E-state index is 13.6. The van der Waals surface area contributed by atoms with E-state index in [-0.39, 0.29) is 11.4 Å². The molecule has 2 aromatic rings. The Morgan fingerprint density at radius 1 is 1.12 bits per heavy atom. The number of nitrogens with one attached hydrogen (secondary N) is 1. The van der Waals surface area contributed by atoms with Crippen LogP contribution in [0, 0.1) is 5.82 Å². The Morgan fingerprint density at radius 2 is 1.79 bits per heavy atom. The molecule has 24 heavy (non-hydrogen) atoms. The van der Waals surface area contributed by atoms with Gasteiger partial charge >= 0.3 is 6.18 Å². The van der Waals surface area contributed by atoms with Crippen LogP contribution in [0.1, 0.15) is 5.56 Å². The molecule has 0 fully saturated rings. The molecule has 4 nitrogen and oxygen atoms in total. The fourth-order valence-corrected chi connectivity index (χ4v) is 3.40. The molecular weight excluding hydrogens is 374 g/mol. The number of ether oxygens (including phenoxy) is 1. The quantitative estimate of drug-likeness (QED) is 0.800. The topological polar surface area (TPSA) is 55.4 Å². The molecule has 0 bridgehead atoms. The minimum absolute atomic E-state index is 0.116. The summed E-state index contributed by atoms with van der Waals surface area (Å²) in [5.41, 5.74) is -1.37. The van der Waals surface area contributed by atoms with Crippen molar-refractivity contribution in [3.05, 3.63) is 52.8 Å². The second-order valence-electron chi connectivity index (χ2n) is 4.60. The van der Waals surface area contributed by atoms with Crippen molar-refractivity contribution < 1.29 is 30.7 Å². The predicted octanol–water partition coefficient (Wildman–Crippen LogP) is 4.31. The van der Waals surface area contributed by atoms with Gasteiger partial charge in [-0.25, -0.2) is 12.8 Å². The summed E-state index contributed by atoms with van der Waals surface area (Å²) < 4.78 is 82.9. The van der Waals surface area contributed by atoms with Crippen LogP contribution in [0.25, 0.3) is 0 Å². The predicted molar refractivity (Wildman–Crippen MR) is 80.2 cm³/mol. The second-order valence-corrected chi connectivity index (χ2v) is 6.66. The lowest BCUT2D eigenvalue weighted by molar-refractivity contribution is -0.137. The number of sulfonamides is 1. The Morgan fingerprint density at radius 3 is 2.33 bits per heavy atom. The fraction of sp³-hybridized carbons (Fsp3) is 0.143. The lowest BCUT2D eigenvalue weighted by atomic mass is 10.2. The Kier molecular flexibility index (Phi) is 4.95. The number of alkyl halides is 3. The van der Waals surface area contributed by atoms with Gasteiger partial charge in [0.15, 0.2) is 11.6 Å². The third-order valence-corrected chi connectivity index (χ3v) is 4.81. The zero-order valence-electron chi connectivity index (χ0n) is 12.0. The SMILES string of the molecule is COc1ccc(NS(=O)(=O)c2cc(C(F)(F)F)ccc2Cl)cc1F. The van der Waals surface area contributed by atoms with Gasteiger partial charge in [-0.15, -0.1) is 0 Å². The summed E-state index contributed by atoms with van der Waals surface area (Å²) in [4.78, 5) is -0.768. The van der Waals surface area contributed by atoms with Crippen LogP contribution in [0.5, 0.6) is 5.75 Å². The molecule has 0 aliphatic rings. The Balaban J connectivity index is 2.42. The van der Waals surface area contributed by atoms with Crippen molar-refractivity contribution in [1.82, 2.24) is 0 Å². The molecule has 0 heterocycles. The summed E-state index contributed by atoms with van der Waals surface area (Å²) >= 11 is 5.70. The Hall–Kier alpha value is -2.00. The fourth-order valence-electron chi connectivity index (χ4n) is 1.83. The smallest absolute Gasteiger partial charge is 0.416 e. The molecular formula is C14H10ClF4NO3S. The van der Waals surface area contributed by atoms with E-state index < -0.39 is 37.5 Å². The Labute approximate surface area is 140 Å². The van der Waals surface area contributed by atoms with Gasteiger partial charge in [0.2, 0.25) is 0 Å². The van der Waals surface area contributed by atoms with Crippen LogP contribution in [0.2, 0.25) is 5.02 Å². The average Bonchev–Trinajstić information content (AvgIpc) is 2.46. The number of hydrogen-bond donors (Lipinski definition) is 1. The van der Waals surface area contributed by atoms with E-state index in [4.69, 9.17) is 11.6 Å². The summed E-state index contributed by atoms with van der Waals surface area (Å²) in [6.45, 7) is 0. The van der Waals surface area contributed by atoms with Crippen LogP contribution in [0.15, 0.2) is 41.3 Å². The normalized spacial score (nSPS) is 12.1. The largest absolute Gasteiger partial charge is 0.494 e. The first-order valence-corrected chi connectivity index (χ1v) is 8.14. The van der Waals surface area contributed by atoms with Crippen LogP contribution < -0.4 is 9.46 Å². The first-order valence-electron chi connectivity index (χ1n) is 6.27. The Bertz CT molecular complexity index is 869. The molecule has 2 rings (SSSR count). The summed E-state index contributed by atoms with van der Waals surface area (Å²) in [6, 6.07) is 5.09. The van der Waals surface area contributed by atoms with Gasteiger partial charge in [-0.05, 0) is 30.3 Å². The highest BCUT2D eigenvalue weighted by Crippen LogP contribution is 2.34. The van der Waals surface area contributed by atoms with Gasteiger partial charge < -0.3 is 4.74 Å². The molecule has 0 spiro atoms. The molecule has 0 amide bonds. The maximum absolute atomic E-state index is 13.6. The van der Waals surface area contributed by atoms with E-state index in [0.717, 1.165) is 12.1 Å². The molecule has 0 aromatic heterocycles. The highest BCUT2D eigenvalue weighted by molar-refractivity contribution is 7.92. The number of methoxy groups -OCH3 is 1. The van der Waals surface area contributed by atoms with E-state index in [1.165, 1.54) is 19.2 Å². The highest BCUT2D eigenvalue weighted by Gasteiger charge is 2.32. The number of hydrogen-bond acceptors (Lipinski definition) is 3. The van der Waals surface area contributed by atoms with E-state index in [1.807, 2.05) is 4.72 Å². The lowest BCUT2D eigenvalue weighted by Crippen LogP contribution is -2.15. The zero-order chi connectivity index (χ0) is 18.1. The van der Waals surface area contributed by atoms with Gasteiger partial charge in [0.1, 0.15) is 4.90 Å². The first kappa shape index (κ1) is 18.3. The van der Waals surface area contributed by atoms with Crippen LogP contribution >= 0.6 is 11.6 Å². The monoisotopic (exact) mass is 383 g/mol. The highest BCUT2D eigenvalue weighted by atomic mass is 35.5. The van der Waals surface area contributed by atoms with Crippen molar-refractivity contribution >= 4 is 27.3 Å². The second kappa shape index (κ2) is 6.48. The third-order valence-electron chi connectivity index (χ3n) is 2.95. The molecule has 2 aromatic carbocycles. The maximum Gasteiger partial charge on any atom is 0.416 e. The van der Waals surface area contributed by atoms with E-state index >= 15 is 0 Å². The van der Waals surface area contributed by atoms with Gasteiger partial charge in [0.05, 0.1) is 23.4 Å². The van der Waals surface area contributed by atoms with Gasteiger partial charge in [-0.1, -0.05) is 11.6 Å². The lowest BCUT2D eigenvalue weighted by Gasteiger charge is -2.13. The molecule has 0 aliphatic carbocycles. The number of benzene rings is 2. The van der Waals surface area contributed by atoms with Crippen LogP contribution in [-0.2, 0) is 16.2 Å². The minimum atomic E-state index is -4.74. The molecule has 10 heteroatoms. The van der Waals surface area contributed by atoms with Gasteiger partial charge in [-0.3, -0.25) is 4.72 Å². The van der Waals surface area contributed by atoms with Crippen molar-refractivity contribution in [2.45, 2.75) is 11.1 Å². The molecule has 0 unspecified atom stereocenters. The number of halogens is 5. The molecule has 1 N–H and O–H groups in total. The van der Waals surface area contributed by atoms with Crippen molar-refractivity contribution in [3.8, 4) is 5.75 Å². The average molecular weight is 384 g/mol. The minimum Gasteiger partial charge on any atom is -0.494 e. The van der Waals surface area contributed by atoms with Crippen molar-refractivity contribution in [2.75, 3.05) is 11.8 Å². The van der Waals surface area contributed by atoms with E-state index in [9.17, 15) is 26.0 Å². The number of rotatable bonds is 4.